The topological polar surface area (TPSA) is 70.6 Å². The Bertz CT molecular complexity index is 440. The van der Waals surface area contributed by atoms with Gasteiger partial charge in [0.2, 0.25) is 0 Å². The van der Waals surface area contributed by atoms with Gasteiger partial charge in [0.15, 0.2) is 0 Å². The van der Waals surface area contributed by atoms with E-state index in [1.165, 1.54) is 0 Å². The number of hydrogen-bond donors (Lipinski definition) is 3. The van der Waals surface area contributed by atoms with Crippen LogP contribution in [0, 0.1) is 0 Å². The number of hydrogen-bond acceptors (Lipinski definition) is 3. The molecule has 5 nitrogen and oxygen atoms in total. The molecule has 0 aliphatic carbocycles. The Morgan fingerprint density at radius 1 is 1.45 bits per heavy atom. The summed E-state index contributed by atoms with van der Waals surface area (Å²) in [5.74, 6) is 0.624. The zero-order valence-electron chi connectivity index (χ0n) is 11.8. The summed E-state index contributed by atoms with van der Waals surface area (Å²) in [6.07, 6.45) is 0.851. The molecule has 1 rings (SSSR count). The predicted molar refractivity (Wildman–Crippen MR) is 83.2 cm³/mol. The summed E-state index contributed by atoms with van der Waals surface area (Å²) < 4.78 is 6.31. The third-order valence-corrected chi connectivity index (χ3v) is 3.22. The molecule has 1 atom stereocenters. The molecule has 1 aromatic carbocycles. The van der Waals surface area contributed by atoms with Crippen molar-refractivity contribution in [1.29, 1.82) is 0 Å². The summed E-state index contributed by atoms with van der Waals surface area (Å²) >= 11 is 3.36. The fraction of sp³-hybridized carbons (Fsp3) is 0.500. The lowest BCUT2D eigenvalue weighted by Crippen LogP contribution is -2.31. The van der Waals surface area contributed by atoms with Gasteiger partial charge in [0.25, 0.3) is 0 Å². The summed E-state index contributed by atoms with van der Waals surface area (Å²) in [5, 5.41) is 14.9. The van der Waals surface area contributed by atoms with Gasteiger partial charge in [-0.05, 0) is 38.0 Å². The van der Waals surface area contributed by atoms with Crippen molar-refractivity contribution >= 4 is 27.6 Å². The van der Waals surface area contributed by atoms with Crippen LogP contribution >= 0.6 is 15.9 Å². The summed E-state index contributed by atoms with van der Waals surface area (Å²) in [4.78, 5) is 11.8. The lowest BCUT2D eigenvalue weighted by atomic mass is 10.2. The molecule has 0 fully saturated rings. The van der Waals surface area contributed by atoms with Crippen LogP contribution in [0.5, 0.6) is 5.75 Å². The highest BCUT2D eigenvalue weighted by Gasteiger charge is 2.09. The summed E-state index contributed by atoms with van der Waals surface area (Å²) in [5.41, 5.74) is 0.606. The van der Waals surface area contributed by atoms with Gasteiger partial charge < -0.3 is 20.5 Å². The number of aliphatic hydroxyl groups is 1. The minimum absolute atomic E-state index is 0.313. The van der Waals surface area contributed by atoms with E-state index in [2.05, 4.69) is 26.6 Å². The number of rotatable bonds is 7. The van der Waals surface area contributed by atoms with Crippen molar-refractivity contribution in [3.05, 3.63) is 22.7 Å². The van der Waals surface area contributed by atoms with Crippen molar-refractivity contribution in [2.75, 3.05) is 18.5 Å². The Kier molecular flexibility index (Phi) is 7.40. The molecule has 2 amide bonds. The van der Waals surface area contributed by atoms with Crippen LogP contribution in [0.15, 0.2) is 22.7 Å². The van der Waals surface area contributed by atoms with Crippen LogP contribution in [0.1, 0.15) is 26.7 Å². The monoisotopic (exact) mass is 344 g/mol. The second-order valence-electron chi connectivity index (χ2n) is 4.31. The summed E-state index contributed by atoms with van der Waals surface area (Å²) in [6, 6.07) is 5.12. The maximum Gasteiger partial charge on any atom is 0.319 e. The van der Waals surface area contributed by atoms with E-state index in [4.69, 9.17) is 4.74 Å². The van der Waals surface area contributed by atoms with Gasteiger partial charge >= 0.3 is 6.03 Å². The smallest absolute Gasteiger partial charge is 0.319 e. The van der Waals surface area contributed by atoms with Gasteiger partial charge in [-0.15, -0.1) is 0 Å². The van der Waals surface area contributed by atoms with E-state index in [-0.39, 0.29) is 12.1 Å². The zero-order valence-corrected chi connectivity index (χ0v) is 13.4. The maximum atomic E-state index is 11.8. The van der Waals surface area contributed by atoms with Crippen molar-refractivity contribution < 1.29 is 14.6 Å². The number of carbonyl (C=O) groups excluding carboxylic acids is 1. The van der Waals surface area contributed by atoms with E-state index in [0.717, 1.165) is 4.47 Å². The largest absolute Gasteiger partial charge is 0.492 e. The molecule has 1 aromatic rings. The van der Waals surface area contributed by atoms with Crippen LogP contribution in [0.25, 0.3) is 0 Å². The predicted octanol–water partition coefficient (Wildman–Crippen LogP) is 3.13. The molecular formula is C14H21BrN2O3. The molecule has 112 valence electrons. The number of carbonyl (C=O) groups is 1. The molecule has 6 heteroatoms. The molecule has 0 aromatic heterocycles. The number of halogens is 1. The Hall–Kier alpha value is -1.27. The summed E-state index contributed by atoms with van der Waals surface area (Å²) in [6.45, 7) is 4.75. The van der Waals surface area contributed by atoms with Crippen LogP contribution < -0.4 is 15.4 Å². The van der Waals surface area contributed by atoms with E-state index in [1.807, 2.05) is 19.9 Å². The number of urea groups is 1. The van der Waals surface area contributed by atoms with Gasteiger partial charge in [-0.2, -0.15) is 0 Å². The number of ether oxygens (including phenoxy) is 1. The van der Waals surface area contributed by atoms with Crippen LogP contribution in [0.4, 0.5) is 10.5 Å². The molecule has 20 heavy (non-hydrogen) atoms. The standard InChI is InChI=1S/C14H21BrN2O3/c1-3-11(18)7-8-16-14(19)17-12-9-10(15)5-6-13(12)20-4-2/h5-6,9,11,18H,3-4,7-8H2,1-2H3,(H2,16,17,19). The molecule has 0 heterocycles. The van der Waals surface area contributed by atoms with E-state index in [0.29, 0.717) is 37.4 Å². The van der Waals surface area contributed by atoms with Crippen LogP contribution in [-0.2, 0) is 0 Å². The number of nitrogens with one attached hydrogen (secondary N) is 2. The van der Waals surface area contributed by atoms with E-state index < -0.39 is 0 Å². The van der Waals surface area contributed by atoms with Gasteiger partial charge in [0, 0.05) is 11.0 Å². The number of aliphatic hydroxyl groups excluding tert-OH is 1. The minimum Gasteiger partial charge on any atom is -0.492 e. The Balaban J connectivity index is 2.54. The highest BCUT2D eigenvalue weighted by molar-refractivity contribution is 9.10. The molecule has 1 unspecified atom stereocenters. The fourth-order valence-corrected chi connectivity index (χ4v) is 1.97. The van der Waals surface area contributed by atoms with Crippen molar-refractivity contribution in [3.8, 4) is 5.75 Å². The van der Waals surface area contributed by atoms with Crippen molar-refractivity contribution in [3.63, 3.8) is 0 Å². The van der Waals surface area contributed by atoms with Gasteiger partial charge in [-0.25, -0.2) is 4.79 Å². The van der Waals surface area contributed by atoms with Gasteiger partial charge in [-0.1, -0.05) is 22.9 Å². The first kappa shape index (κ1) is 16.8. The van der Waals surface area contributed by atoms with Crippen molar-refractivity contribution in [2.24, 2.45) is 0 Å². The molecule has 0 aliphatic heterocycles. The first-order valence-electron chi connectivity index (χ1n) is 6.72. The second kappa shape index (κ2) is 8.81. The van der Waals surface area contributed by atoms with Crippen LogP contribution in [0.3, 0.4) is 0 Å². The molecule has 0 aliphatic rings. The van der Waals surface area contributed by atoms with Crippen molar-refractivity contribution in [2.45, 2.75) is 32.8 Å². The normalized spacial score (nSPS) is 11.8. The lowest BCUT2D eigenvalue weighted by Gasteiger charge is -2.13. The van der Waals surface area contributed by atoms with Gasteiger partial charge in [0.1, 0.15) is 5.75 Å². The number of amides is 2. The van der Waals surface area contributed by atoms with E-state index in [9.17, 15) is 9.90 Å². The Morgan fingerprint density at radius 3 is 2.85 bits per heavy atom. The Morgan fingerprint density at radius 2 is 2.20 bits per heavy atom. The highest BCUT2D eigenvalue weighted by atomic mass is 79.9. The third kappa shape index (κ3) is 5.79. The highest BCUT2D eigenvalue weighted by Crippen LogP contribution is 2.28. The van der Waals surface area contributed by atoms with Crippen LogP contribution in [-0.4, -0.2) is 30.4 Å². The van der Waals surface area contributed by atoms with E-state index in [1.54, 1.807) is 12.1 Å². The van der Waals surface area contributed by atoms with Gasteiger partial charge in [-0.3, -0.25) is 0 Å². The van der Waals surface area contributed by atoms with E-state index >= 15 is 0 Å². The zero-order chi connectivity index (χ0) is 15.0. The van der Waals surface area contributed by atoms with Gasteiger partial charge in [0.05, 0.1) is 18.4 Å². The maximum absolute atomic E-state index is 11.8. The summed E-state index contributed by atoms with van der Waals surface area (Å²) in [7, 11) is 0. The molecule has 0 bridgehead atoms. The average molecular weight is 345 g/mol. The molecule has 0 radical (unpaired) electrons. The number of benzene rings is 1. The lowest BCUT2D eigenvalue weighted by molar-refractivity contribution is 0.160. The third-order valence-electron chi connectivity index (χ3n) is 2.72. The molecular weight excluding hydrogens is 324 g/mol. The molecule has 0 saturated carbocycles. The SMILES string of the molecule is CCOc1ccc(Br)cc1NC(=O)NCCC(O)CC. The molecule has 0 spiro atoms. The quantitative estimate of drug-likeness (QED) is 0.711. The minimum atomic E-state index is -0.375. The molecule has 3 N–H and O–H groups in total. The second-order valence-corrected chi connectivity index (χ2v) is 5.22. The van der Waals surface area contributed by atoms with Crippen molar-refractivity contribution in [1.82, 2.24) is 5.32 Å². The molecule has 0 saturated heterocycles. The van der Waals surface area contributed by atoms with Crippen LogP contribution in [0.2, 0.25) is 0 Å². The Labute approximate surface area is 127 Å². The first-order valence-corrected chi connectivity index (χ1v) is 7.51. The number of anilines is 1. The average Bonchev–Trinajstić information content (AvgIpc) is 2.41. The fourth-order valence-electron chi connectivity index (χ4n) is 1.60. The first-order chi connectivity index (χ1) is 9.56.